The minimum Gasteiger partial charge on any atom is -0.445 e. The van der Waals surface area contributed by atoms with Gasteiger partial charge >= 0.3 is 0 Å². The van der Waals surface area contributed by atoms with E-state index in [4.69, 9.17) is 4.42 Å². The lowest BCUT2D eigenvalue weighted by Gasteiger charge is -2.18. The standard InChI is InChI=1S/C23H20F2N2O3/c1-13-8-19(24)21(20(25)9-13)18-12-27-22(29)17(18)11-16(28)10-14-2-4-15(5-3-14)23-26-6-7-30-23/h2-9,17-18H,10-12H2,1H3,(H,27,29)/t17-,18+/m0/s1. The second-order valence-electron chi connectivity index (χ2n) is 7.55. The Morgan fingerprint density at radius 1 is 1.20 bits per heavy atom. The van der Waals surface area contributed by atoms with E-state index in [0.29, 0.717) is 11.5 Å². The molecule has 0 bridgehead atoms. The average Bonchev–Trinajstić information content (AvgIpc) is 3.34. The second-order valence-corrected chi connectivity index (χ2v) is 7.55. The molecule has 4 rings (SSSR count). The van der Waals surface area contributed by atoms with Crippen molar-refractivity contribution in [3.05, 3.63) is 77.2 Å². The fraction of sp³-hybridized carbons (Fsp3) is 0.261. The van der Waals surface area contributed by atoms with Crippen molar-refractivity contribution in [2.24, 2.45) is 5.92 Å². The molecule has 7 heteroatoms. The lowest BCUT2D eigenvalue weighted by molar-refractivity contribution is -0.127. The summed E-state index contributed by atoms with van der Waals surface area (Å²) in [4.78, 5) is 29.0. The van der Waals surface area contributed by atoms with Gasteiger partial charge in [-0.05, 0) is 42.3 Å². The second kappa shape index (κ2) is 8.18. The first kappa shape index (κ1) is 19.9. The van der Waals surface area contributed by atoms with Crippen molar-refractivity contribution in [3.8, 4) is 11.5 Å². The number of halogens is 2. The number of oxazole rings is 1. The van der Waals surface area contributed by atoms with Crippen LogP contribution in [0.4, 0.5) is 8.78 Å². The predicted molar refractivity (Wildman–Crippen MR) is 106 cm³/mol. The molecule has 1 fully saturated rings. The number of ketones is 1. The van der Waals surface area contributed by atoms with Crippen molar-refractivity contribution in [2.75, 3.05) is 6.54 Å². The summed E-state index contributed by atoms with van der Waals surface area (Å²) in [7, 11) is 0. The Kier molecular flexibility index (Phi) is 5.44. The van der Waals surface area contributed by atoms with Gasteiger partial charge in [-0.25, -0.2) is 13.8 Å². The van der Waals surface area contributed by atoms with Crippen molar-refractivity contribution in [3.63, 3.8) is 0 Å². The maximum atomic E-state index is 14.4. The Bertz CT molecular complexity index is 1060. The van der Waals surface area contributed by atoms with E-state index < -0.39 is 23.5 Å². The van der Waals surface area contributed by atoms with E-state index in [-0.39, 0.29) is 36.6 Å². The summed E-state index contributed by atoms with van der Waals surface area (Å²) in [5.74, 6) is -2.92. The molecule has 0 spiro atoms. The van der Waals surface area contributed by atoms with Gasteiger partial charge in [0.05, 0.1) is 12.1 Å². The SMILES string of the molecule is Cc1cc(F)c([C@@H]2CNC(=O)[C@H]2CC(=O)Cc2ccc(-c3ncco3)cc2)c(F)c1. The minimum atomic E-state index is -0.796. The smallest absolute Gasteiger partial charge is 0.225 e. The normalized spacial score (nSPS) is 18.4. The van der Waals surface area contributed by atoms with E-state index in [1.165, 1.54) is 18.4 Å². The molecule has 1 amide bonds. The maximum absolute atomic E-state index is 14.4. The molecule has 0 unspecified atom stereocenters. The molecule has 1 saturated heterocycles. The summed E-state index contributed by atoms with van der Waals surface area (Å²) in [5.41, 5.74) is 1.90. The van der Waals surface area contributed by atoms with Gasteiger partial charge < -0.3 is 9.73 Å². The molecule has 0 radical (unpaired) electrons. The van der Waals surface area contributed by atoms with Crippen LogP contribution in [0.1, 0.15) is 29.0 Å². The van der Waals surface area contributed by atoms with Gasteiger partial charge in [-0.15, -0.1) is 0 Å². The Balaban J connectivity index is 1.47. The molecule has 30 heavy (non-hydrogen) atoms. The van der Waals surface area contributed by atoms with Crippen molar-refractivity contribution in [1.82, 2.24) is 10.3 Å². The quantitative estimate of drug-likeness (QED) is 0.668. The number of amides is 1. The van der Waals surface area contributed by atoms with Gasteiger partial charge in [0, 0.05) is 36.4 Å². The summed E-state index contributed by atoms with van der Waals surface area (Å²) in [6.07, 6.45) is 3.08. The fourth-order valence-electron chi connectivity index (χ4n) is 3.95. The number of aryl methyl sites for hydroxylation is 1. The van der Waals surface area contributed by atoms with Gasteiger partial charge in [0.1, 0.15) is 23.7 Å². The summed E-state index contributed by atoms with van der Waals surface area (Å²) in [6.45, 7) is 1.71. The van der Waals surface area contributed by atoms with Crippen molar-refractivity contribution >= 4 is 11.7 Å². The number of carbonyl (C=O) groups is 2. The first-order valence-electron chi connectivity index (χ1n) is 9.66. The average molecular weight is 410 g/mol. The van der Waals surface area contributed by atoms with Crippen LogP contribution in [0.25, 0.3) is 11.5 Å². The Labute approximate surface area is 172 Å². The first-order valence-corrected chi connectivity index (χ1v) is 9.66. The van der Waals surface area contributed by atoms with E-state index in [0.717, 1.165) is 11.1 Å². The summed E-state index contributed by atoms with van der Waals surface area (Å²) >= 11 is 0. The van der Waals surface area contributed by atoms with E-state index in [9.17, 15) is 18.4 Å². The van der Waals surface area contributed by atoms with Crippen LogP contribution in [-0.4, -0.2) is 23.2 Å². The number of nitrogens with zero attached hydrogens (tertiary/aromatic N) is 1. The van der Waals surface area contributed by atoms with Crippen LogP contribution in [-0.2, 0) is 16.0 Å². The maximum Gasteiger partial charge on any atom is 0.225 e. The Morgan fingerprint density at radius 2 is 1.90 bits per heavy atom. The molecule has 2 aromatic carbocycles. The highest BCUT2D eigenvalue weighted by molar-refractivity contribution is 5.90. The number of hydrogen-bond donors (Lipinski definition) is 1. The Hall–Kier alpha value is -3.35. The van der Waals surface area contributed by atoms with Gasteiger partial charge in [-0.2, -0.15) is 0 Å². The summed E-state index contributed by atoms with van der Waals surface area (Å²) < 4.78 is 34.1. The number of hydrogen-bond acceptors (Lipinski definition) is 4. The number of rotatable bonds is 6. The van der Waals surface area contributed by atoms with Gasteiger partial charge in [0.15, 0.2) is 0 Å². The van der Waals surface area contributed by atoms with Crippen molar-refractivity contribution < 1.29 is 22.8 Å². The Morgan fingerprint density at radius 3 is 2.53 bits per heavy atom. The molecule has 0 aliphatic carbocycles. The zero-order valence-corrected chi connectivity index (χ0v) is 16.3. The topological polar surface area (TPSA) is 72.2 Å². The zero-order chi connectivity index (χ0) is 21.3. The number of benzene rings is 2. The van der Waals surface area contributed by atoms with Crippen molar-refractivity contribution in [1.29, 1.82) is 0 Å². The van der Waals surface area contributed by atoms with Crippen LogP contribution in [0.2, 0.25) is 0 Å². The number of nitrogens with one attached hydrogen (secondary N) is 1. The number of carbonyl (C=O) groups excluding carboxylic acids is 2. The third kappa shape index (κ3) is 4.01. The summed E-state index contributed by atoms with van der Waals surface area (Å²) in [5, 5.41) is 2.64. The molecule has 154 valence electrons. The highest BCUT2D eigenvalue weighted by Crippen LogP contribution is 2.35. The molecule has 1 aliphatic heterocycles. The van der Waals surface area contributed by atoms with Crippen LogP contribution in [0, 0.1) is 24.5 Å². The van der Waals surface area contributed by atoms with Gasteiger partial charge in [0.2, 0.25) is 11.8 Å². The third-order valence-corrected chi connectivity index (χ3v) is 5.39. The number of aromatic nitrogens is 1. The third-order valence-electron chi connectivity index (χ3n) is 5.39. The van der Waals surface area contributed by atoms with Gasteiger partial charge in [0.25, 0.3) is 0 Å². The molecule has 5 nitrogen and oxygen atoms in total. The van der Waals surface area contributed by atoms with Crippen LogP contribution >= 0.6 is 0 Å². The van der Waals surface area contributed by atoms with Gasteiger partial charge in [-0.3, -0.25) is 9.59 Å². The predicted octanol–water partition coefficient (Wildman–Crippen LogP) is 3.96. The molecule has 2 heterocycles. The molecule has 3 aromatic rings. The van der Waals surface area contributed by atoms with E-state index in [1.54, 1.807) is 37.4 Å². The van der Waals surface area contributed by atoms with Crippen LogP contribution in [0.5, 0.6) is 0 Å². The number of Topliss-reactive ketones (excluding diaryl/α,β-unsaturated/α-hetero) is 1. The highest BCUT2D eigenvalue weighted by atomic mass is 19.1. The minimum absolute atomic E-state index is 0.0786. The lowest BCUT2D eigenvalue weighted by Crippen LogP contribution is -2.23. The highest BCUT2D eigenvalue weighted by Gasteiger charge is 2.39. The van der Waals surface area contributed by atoms with E-state index in [2.05, 4.69) is 10.3 Å². The molecule has 1 N–H and O–H groups in total. The molecule has 1 aliphatic rings. The lowest BCUT2D eigenvalue weighted by atomic mass is 9.83. The largest absolute Gasteiger partial charge is 0.445 e. The first-order chi connectivity index (χ1) is 14.4. The van der Waals surface area contributed by atoms with E-state index >= 15 is 0 Å². The fourth-order valence-corrected chi connectivity index (χ4v) is 3.95. The van der Waals surface area contributed by atoms with Gasteiger partial charge in [-0.1, -0.05) is 12.1 Å². The van der Waals surface area contributed by atoms with Crippen LogP contribution in [0.3, 0.4) is 0 Å². The molecular formula is C23H20F2N2O3. The van der Waals surface area contributed by atoms with Crippen LogP contribution < -0.4 is 5.32 Å². The summed E-state index contributed by atoms with van der Waals surface area (Å²) in [6, 6.07) is 9.68. The molecule has 2 atom stereocenters. The zero-order valence-electron chi connectivity index (χ0n) is 16.3. The molecule has 0 saturated carbocycles. The van der Waals surface area contributed by atoms with E-state index in [1.807, 2.05) is 0 Å². The molecular weight excluding hydrogens is 390 g/mol. The van der Waals surface area contributed by atoms with Crippen molar-refractivity contribution in [2.45, 2.75) is 25.7 Å². The van der Waals surface area contributed by atoms with Crippen LogP contribution in [0.15, 0.2) is 53.3 Å². The monoisotopic (exact) mass is 410 g/mol. The molecule has 1 aromatic heterocycles.